The molecule has 2 aromatic carbocycles. The minimum Gasteiger partial charge on any atom is -0.454 e. The fourth-order valence-electron chi connectivity index (χ4n) is 2.85. The predicted molar refractivity (Wildman–Crippen MR) is 121 cm³/mol. The van der Waals surface area contributed by atoms with Crippen LogP contribution in [0.1, 0.15) is 27.9 Å². The Morgan fingerprint density at radius 3 is 2.40 bits per heavy atom. The largest absolute Gasteiger partial charge is 0.454 e. The SMILES string of the molecule is CSCCC(NC(=O)c1ccccc1Cl)C(=O)OCC(=O)Nc1cc(C)cc(C)c1. The molecular formula is C22H25ClN2O4S. The van der Waals surface area contributed by atoms with Gasteiger partial charge in [-0.1, -0.05) is 29.8 Å². The number of halogens is 1. The molecule has 1 atom stereocenters. The van der Waals surface area contributed by atoms with Gasteiger partial charge < -0.3 is 15.4 Å². The normalized spacial score (nSPS) is 11.5. The highest BCUT2D eigenvalue weighted by Crippen LogP contribution is 2.16. The van der Waals surface area contributed by atoms with Gasteiger partial charge in [0.15, 0.2) is 6.61 Å². The van der Waals surface area contributed by atoms with E-state index in [2.05, 4.69) is 10.6 Å². The van der Waals surface area contributed by atoms with Gasteiger partial charge in [0.25, 0.3) is 11.8 Å². The molecule has 2 rings (SSSR count). The summed E-state index contributed by atoms with van der Waals surface area (Å²) in [5.74, 6) is -0.949. The van der Waals surface area contributed by atoms with E-state index in [4.69, 9.17) is 16.3 Å². The number of anilines is 1. The van der Waals surface area contributed by atoms with Crippen LogP contribution in [0.3, 0.4) is 0 Å². The maximum absolute atomic E-state index is 12.5. The molecule has 0 fully saturated rings. The molecule has 2 aromatic rings. The summed E-state index contributed by atoms with van der Waals surface area (Å²) in [7, 11) is 0. The Morgan fingerprint density at radius 2 is 1.77 bits per heavy atom. The first-order chi connectivity index (χ1) is 14.3. The van der Waals surface area contributed by atoms with E-state index < -0.39 is 30.4 Å². The topological polar surface area (TPSA) is 84.5 Å². The van der Waals surface area contributed by atoms with Gasteiger partial charge in [0.05, 0.1) is 10.6 Å². The molecule has 0 radical (unpaired) electrons. The van der Waals surface area contributed by atoms with E-state index in [0.717, 1.165) is 11.1 Å². The number of benzene rings is 2. The van der Waals surface area contributed by atoms with Gasteiger partial charge in [-0.05, 0) is 67.7 Å². The van der Waals surface area contributed by atoms with Crippen molar-refractivity contribution in [2.75, 3.05) is 23.9 Å². The quantitative estimate of drug-likeness (QED) is 0.566. The number of thioether (sulfide) groups is 1. The fraction of sp³-hybridized carbons (Fsp3) is 0.318. The Morgan fingerprint density at radius 1 is 1.10 bits per heavy atom. The third-order valence-electron chi connectivity index (χ3n) is 4.17. The van der Waals surface area contributed by atoms with Gasteiger partial charge >= 0.3 is 5.97 Å². The summed E-state index contributed by atoms with van der Waals surface area (Å²) < 4.78 is 5.15. The molecule has 1 unspecified atom stereocenters. The summed E-state index contributed by atoms with van der Waals surface area (Å²) >= 11 is 7.59. The Hall–Kier alpha value is -2.51. The molecule has 0 saturated heterocycles. The molecular weight excluding hydrogens is 424 g/mol. The molecule has 2 amide bonds. The van der Waals surface area contributed by atoms with Gasteiger partial charge in [0.1, 0.15) is 6.04 Å². The predicted octanol–water partition coefficient (Wildman–Crippen LogP) is 3.99. The van der Waals surface area contributed by atoms with Crippen LogP contribution >= 0.6 is 23.4 Å². The minimum absolute atomic E-state index is 0.272. The third-order valence-corrected chi connectivity index (χ3v) is 5.14. The van der Waals surface area contributed by atoms with Crippen molar-refractivity contribution in [3.8, 4) is 0 Å². The fourth-order valence-corrected chi connectivity index (χ4v) is 3.54. The average molecular weight is 449 g/mol. The molecule has 0 saturated carbocycles. The second kappa shape index (κ2) is 11.6. The second-order valence-corrected chi connectivity index (χ2v) is 8.21. The number of nitrogens with one attached hydrogen (secondary N) is 2. The third kappa shape index (κ3) is 7.39. The lowest BCUT2D eigenvalue weighted by Crippen LogP contribution is -2.43. The van der Waals surface area contributed by atoms with Crippen LogP contribution in [0.15, 0.2) is 42.5 Å². The summed E-state index contributed by atoms with van der Waals surface area (Å²) in [6.07, 6.45) is 2.27. The molecule has 30 heavy (non-hydrogen) atoms. The van der Waals surface area contributed by atoms with Crippen molar-refractivity contribution in [1.82, 2.24) is 5.32 Å². The van der Waals surface area contributed by atoms with Crippen LogP contribution in [-0.2, 0) is 14.3 Å². The van der Waals surface area contributed by atoms with Gasteiger partial charge in [-0.2, -0.15) is 11.8 Å². The van der Waals surface area contributed by atoms with Crippen LogP contribution in [0.4, 0.5) is 5.69 Å². The van der Waals surface area contributed by atoms with Crippen molar-refractivity contribution in [3.63, 3.8) is 0 Å². The number of esters is 1. The van der Waals surface area contributed by atoms with E-state index >= 15 is 0 Å². The first-order valence-electron chi connectivity index (χ1n) is 9.39. The van der Waals surface area contributed by atoms with Crippen LogP contribution in [0.5, 0.6) is 0 Å². The van der Waals surface area contributed by atoms with E-state index in [1.807, 2.05) is 38.3 Å². The summed E-state index contributed by atoms with van der Waals surface area (Å²) in [6.45, 7) is 3.42. The number of amides is 2. The maximum Gasteiger partial charge on any atom is 0.329 e. The second-order valence-electron chi connectivity index (χ2n) is 6.82. The number of hydrogen-bond donors (Lipinski definition) is 2. The molecule has 0 aliphatic heterocycles. The van der Waals surface area contributed by atoms with Crippen LogP contribution in [-0.4, -0.2) is 42.4 Å². The zero-order valence-electron chi connectivity index (χ0n) is 17.2. The number of carbonyl (C=O) groups is 3. The molecule has 160 valence electrons. The zero-order valence-corrected chi connectivity index (χ0v) is 18.7. The van der Waals surface area contributed by atoms with Crippen molar-refractivity contribution >= 4 is 46.8 Å². The Kier molecular flexibility index (Phi) is 9.20. The van der Waals surface area contributed by atoms with Crippen molar-refractivity contribution < 1.29 is 19.1 Å². The molecule has 0 aliphatic rings. The minimum atomic E-state index is -0.879. The van der Waals surface area contributed by atoms with E-state index in [0.29, 0.717) is 22.9 Å². The number of carbonyl (C=O) groups excluding carboxylic acids is 3. The Balaban J connectivity index is 1.96. The highest BCUT2D eigenvalue weighted by atomic mass is 35.5. The van der Waals surface area contributed by atoms with Crippen molar-refractivity contribution in [2.24, 2.45) is 0 Å². The van der Waals surface area contributed by atoms with Crippen molar-refractivity contribution in [2.45, 2.75) is 26.3 Å². The summed E-state index contributed by atoms with van der Waals surface area (Å²) in [5.41, 5.74) is 2.94. The van der Waals surface area contributed by atoms with E-state index in [1.54, 1.807) is 24.3 Å². The lowest BCUT2D eigenvalue weighted by molar-refractivity contribution is -0.149. The highest BCUT2D eigenvalue weighted by molar-refractivity contribution is 7.98. The zero-order chi connectivity index (χ0) is 22.1. The molecule has 6 nitrogen and oxygen atoms in total. The van der Waals surface area contributed by atoms with Crippen molar-refractivity contribution in [1.29, 1.82) is 0 Å². The van der Waals surface area contributed by atoms with Crippen LogP contribution in [0.25, 0.3) is 0 Å². The first-order valence-corrected chi connectivity index (χ1v) is 11.2. The van der Waals surface area contributed by atoms with Gasteiger partial charge in [0.2, 0.25) is 0 Å². The Bertz CT molecular complexity index is 900. The van der Waals surface area contributed by atoms with Gasteiger partial charge in [-0.15, -0.1) is 0 Å². The number of rotatable bonds is 9. The van der Waals surface area contributed by atoms with Crippen LogP contribution in [0, 0.1) is 13.8 Å². The average Bonchev–Trinajstić information content (AvgIpc) is 2.68. The lowest BCUT2D eigenvalue weighted by Gasteiger charge is -2.18. The molecule has 0 spiro atoms. The van der Waals surface area contributed by atoms with Crippen LogP contribution < -0.4 is 10.6 Å². The van der Waals surface area contributed by atoms with Gasteiger partial charge in [-0.3, -0.25) is 9.59 Å². The lowest BCUT2D eigenvalue weighted by atomic mass is 10.1. The smallest absolute Gasteiger partial charge is 0.329 e. The summed E-state index contributed by atoms with van der Waals surface area (Å²) in [4.78, 5) is 37.2. The standard InChI is InChI=1S/C22H25ClN2O4S/c1-14-10-15(2)12-16(11-14)24-20(26)13-29-22(28)19(8-9-30-3)25-21(27)17-6-4-5-7-18(17)23/h4-7,10-12,19H,8-9,13H2,1-3H3,(H,24,26)(H,25,27). The summed E-state index contributed by atoms with van der Waals surface area (Å²) in [5, 5.41) is 5.66. The monoisotopic (exact) mass is 448 g/mol. The molecule has 0 bridgehead atoms. The highest BCUT2D eigenvalue weighted by Gasteiger charge is 2.24. The number of ether oxygens (including phenoxy) is 1. The Labute approximate surface area is 185 Å². The van der Waals surface area contributed by atoms with E-state index in [1.165, 1.54) is 11.8 Å². The van der Waals surface area contributed by atoms with E-state index in [-0.39, 0.29) is 5.56 Å². The maximum atomic E-state index is 12.5. The molecule has 0 heterocycles. The van der Waals surface area contributed by atoms with E-state index in [9.17, 15) is 14.4 Å². The van der Waals surface area contributed by atoms with Gasteiger partial charge in [-0.25, -0.2) is 4.79 Å². The van der Waals surface area contributed by atoms with Crippen LogP contribution in [0.2, 0.25) is 5.02 Å². The van der Waals surface area contributed by atoms with Crippen molar-refractivity contribution in [3.05, 3.63) is 64.2 Å². The summed E-state index contributed by atoms with van der Waals surface area (Å²) in [6, 6.07) is 11.4. The molecule has 0 aromatic heterocycles. The molecule has 8 heteroatoms. The molecule has 2 N–H and O–H groups in total. The first kappa shape index (κ1) is 23.8. The molecule has 0 aliphatic carbocycles. The van der Waals surface area contributed by atoms with Gasteiger partial charge in [0, 0.05) is 5.69 Å². The number of aryl methyl sites for hydroxylation is 2. The number of hydrogen-bond acceptors (Lipinski definition) is 5.